The molecule has 0 aliphatic heterocycles. The van der Waals surface area contributed by atoms with E-state index in [1.165, 1.54) is 24.3 Å². The van der Waals surface area contributed by atoms with E-state index in [0.29, 0.717) is 52.5 Å². The average Bonchev–Trinajstić information content (AvgIpc) is 3.87. The standard InChI is InChI=1S/2C14H19F2O3.2C8H13Si.Ti/c2*1-2-3-6-17-7-8-18-9-10-19-14-5-4-12(15)11-13(14)16;2*1-9(2,3)8-6-4-5-7-8;/h2*4-5H,2-3,6-10H2,1H3;2*4,6H,5H2,1-3H3;. The molecule has 0 saturated carbocycles. The third-order valence-corrected chi connectivity index (χ3v) is 23.3. The van der Waals surface area contributed by atoms with Crippen molar-refractivity contribution >= 4 is 23.9 Å². The van der Waals surface area contributed by atoms with E-state index in [4.69, 9.17) is 28.4 Å². The average molecular weight is 869 g/mol. The molecule has 0 spiro atoms. The Morgan fingerprint density at radius 1 is 0.509 bits per heavy atom. The summed E-state index contributed by atoms with van der Waals surface area (Å²) in [7, 11) is -4.53. The second kappa shape index (κ2) is 22.3. The molecule has 2 aromatic carbocycles. The third-order valence-electron chi connectivity index (χ3n) is 10.2. The quantitative estimate of drug-likeness (QED) is 0.0534. The SMILES string of the molecule is CCCCOCCOCCOc1ccc(F)[c]([Ti]([C]2=C([Si](C)(C)C)C=CC2)([C]2=C([Si](C)(C)C)C=CC2)[c]2c(F)ccc(OCCOCCOCCCC)c2F)c1F. The molecule has 0 aromatic heterocycles. The number of unbranched alkanes of at least 4 members (excludes halogenated alkanes) is 2. The number of hydrogen-bond acceptors (Lipinski definition) is 6. The molecule has 0 radical (unpaired) electrons. The van der Waals surface area contributed by atoms with Crippen LogP contribution in [0.4, 0.5) is 17.6 Å². The number of ether oxygens (including phenoxy) is 6. The molecule has 6 nitrogen and oxygen atoms in total. The summed E-state index contributed by atoms with van der Waals surface area (Å²) >= 11 is -5.33. The minimum atomic E-state index is -5.33. The van der Waals surface area contributed by atoms with Crippen LogP contribution in [0.3, 0.4) is 0 Å². The van der Waals surface area contributed by atoms with E-state index in [9.17, 15) is 0 Å². The molecule has 0 fully saturated rings. The van der Waals surface area contributed by atoms with Crippen LogP contribution in [-0.2, 0) is 35.5 Å². The number of benzene rings is 2. The topological polar surface area (TPSA) is 55.4 Å². The number of rotatable bonds is 26. The summed E-state index contributed by atoms with van der Waals surface area (Å²) in [5.41, 5.74) is 0. The predicted octanol–water partition coefficient (Wildman–Crippen LogP) is 9.95. The van der Waals surface area contributed by atoms with Crippen molar-refractivity contribution < 1.29 is 62.6 Å². The molecular weight excluding hydrogens is 805 g/mol. The predicted molar refractivity (Wildman–Crippen MR) is 224 cm³/mol. The Labute approximate surface area is 344 Å². The van der Waals surface area contributed by atoms with Crippen molar-refractivity contribution in [3.8, 4) is 11.5 Å². The fourth-order valence-corrected chi connectivity index (χ4v) is 24.4. The van der Waals surface area contributed by atoms with Gasteiger partial charge >= 0.3 is 319 Å². The Balaban J connectivity index is 1.88. The Kier molecular flexibility index (Phi) is 18.6. The van der Waals surface area contributed by atoms with Gasteiger partial charge in [-0.1, -0.05) is 26.7 Å². The van der Waals surface area contributed by atoms with E-state index in [2.05, 4.69) is 53.1 Å². The summed E-state index contributed by atoms with van der Waals surface area (Å²) in [5, 5.41) is 1.94. The molecule has 13 heteroatoms. The molecule has 316 valence electrons. The molecule has 0 atom stereocenters. The van der Waals surface area contributed by atoms with Crippen LogP contribution >= 0.6 is 0 Å². The van der Waals surface area contributed by atoms with Crippen LogP contribution in [0.1, 0.15) is 52.4 Å². The summed E-state index contributed by atoms with van der Waals surface area (Å²) in [6.07, 6.45) is 12.7. The van der Waals surface area contributed by atoms with Gasteiger partial charge in [0.25, 0.3) is 0 Å². The van der Waals surface area contributed by atoms with Gasteiger partial charge in [-0.15, -0.1) is 0 Å². The summed E-state index contributed by atoms with van der Waals surface area (Å²) in [5.74, 6) is -3.92. The van der Waals surface area contributed by atoms with Gasteiger partial charge in [0, 0.05) is 0 Å². The van der Waals surface area contributed by atoms with Crippen LogP contribution in [-0.4, -0.2) is 82.2 Å². The molecule has 0 heterocycles. The van der Waals surface area contributed by atoms with Gasteiger partial charge in [-0.25, -0.2) is 0 Å². The molecular formula is C44H64F4O6Si2Ti. The Morgan fingerprint density at radius 3 is 1.21 bits per heavy atom. The van der Waals surface area contributed by atoms with Gasteiger partial charge in [-0.05, 0) is 0 Å². The van der Waals surface area contributed by atoms with Gasteiger partial charge in [-0.3, -0.25) is 0 Å². The van der Waals surface area contributed by atoms with E-state index < -0.39 is 56.0 Å². The van der Waals surface area contributed by atoms with Crippen molar-refractivity contribution in [2.75, 3.05) is 66.1 Å². The Hall–Kier alpha value is -2.29. The molecule has 4 rings (SSSR count). The summed E-state index contributed by atoms with van der Waals surface area (Å²) in [4.78, 5) is 0. The van der Waals surface area contributed by atoms with Crippen LogP contribution in [0.5, 0.6) is 11.5 Å². The monoisotopic (exact) mass is 868 g/mol. The molecule has 2 aliphatic carbocycles. The minimum absolute atomic E-state index is 0.00918. The van der Waals surface area contributed by atoms with Crippen LogP contribution < -0.4 is 17.2 Å². The molecule has 0 bridgehead atoms. The zero-order chi connectivity index (χ0) is 41.6. The van der Waals surface area contributed by atoms with Crippen LogP contribution in [0.15, 0.2) is 66.7 Å². The summed E-state index contributed by atoms with van der Waals surface area (Å²) < 4.78 is 105. The van der Waals surface area contributed by atoms with E-state index >= 15 is 17.6 Å². The van der Waals surface area contributed by atoms with Gasteiger partial charge in [-0.2, -0.15) is 0 Å². The van der Waals surface area contributed by atoms with Crippen molar-refractivity contribution in [3.05, 3.63) is 90.0 Å². The first-order chi connectivity index (χ1) is 27.2. The van der Waals surface area contributed by atoms with E-state index in [0.717, 1.165) is 43.8 Å². The zero-order valence-corrected chi connectivity index (χ0v) is 39.0. The van der Waals surface area contributed by atoms with Gasteiger partial charge in [0.15, 0.2) is 0 Å². The molecule has 2 aliphatic rings. The van der Waals surface area contributed by atoms with Gasteiger partial charge in [0.1, 0.15) is 0 Å². The molecule has 0 saturated heterocycles. The summed E-state index contributed by atoms with van der Waals surface area (Å²) in [6.45, 7) is 20.3. The second-order valence-corrected chi connectivity index (χ2v) is 32.4. The fourth-order valence-electron chi connectivity index (χ4n) is 7.57. The van der Waals surface area contributed by atoms with Crippen molar-refractivity contribution in [1.29, 1.82) is 0 Å². The maximum absolute atomic E-state index is 17.7. The summed E-state index contributed by atoms with van der Waals surface area (Å²) in [6, 6.07) is 4.89. The third kappa shape index (κ3) is 11.9. The van der Waals surface area contributed by atoms with E-state index in [-0.39, 0.29) is 45.7 Å². The number of allylic oxidation sites excluding steroid dienone is 8. The van der Waals surface area contributed by atoms with Crippen molar-refractivity contribution in [1.82, 2.24) is 0 Å². The van der Waals surface area contributed by atoms with Gasteiger partial charge in [0.05, 0.1) is 0 Å². The maximum atomic E-state index is 17.7. The van der Waals surface area contributed by atoms with Crippen molar-refractivity contribution in [3.63, 3.8) is 0 Å². The second-order valence-electron chi connectivity index (χ2n) is 16.6. The molecule has 57 heavy (non-hydrogen) atoms. The van der Waals surface area contributed by atoms with Crippen molar-refractivity contribution in [2.45, 2.75) is 91.7 Å². The molecule has 2 aromatic rings. The zero-order valence-electron chi connectivity index (χ0n) is 35.4. The Morgan fingerprint density at radius 2 is 0.860 bits per heavy atom. The fraction of sp³-hybridized carbons (Fsp3) is 0.545. The first kappa shape index (κ1) is 47.4. The van der Waals surface area contributed by atoms with Gasteiger partial charge in [0.2, 0.25) is 0 Å². The normalized spacial score (nSPS) is 14.8. The van der Waals surface area contributed by atoms with E-state index in [1.54, 1.807) is 0 Å². The van der Waals surface area contributed by atoms with Gasteiger partial charge < -0.3 is 0 Å². The molecule has 0 N–H and O–H groups in total. The van der Waals surface area contributed by atoms with Crippen LogP contribution in [0, 0.1) is 23.3 Å². The molecule has 0 amide bonds. The van der Waals surface area contributed by atoms with E-state index in [1.807, 2.05) is 24.3 Å². The first-order valence-corrected chi connectivity index (χ1v) is 30.7. The number of halogens is 4. The van der Waals surface area contributed by atoms with Crippen LogP contribution in [0.2, 0.25) is 39.3 Å². The number of hydrogen-bond donors (Lipinski definition) is 0. The Bertz CT molecular complexity index is 1640. The van der Waals surface area contributed by atoms with Crippen LogP contribution in [0.25, 0.3) is 0 Å². The molecule has 0 unspecified atom stereocenters. The first-order valence-electron chi connectivity index (χ1n) is 20.6. The van der Waals surface area contributed by atoms with Crippen molar-refractivity contribution in [2.24, 2.45) is 0 Å².